The summed E-state index contributed by atoms with van der Waals surface area (Å²) in [5.41, 5.74) is 4.44. The molecule has 0 saturated carbocycles. The standard InChI is InChI=1S/C16H21N3O/c1-18(2)14-5-3-12(4-6-14)11-15-16(17-20)13-7-9-19(15)10-8-13/h3-6,11,13,20H,7-10H2,1-2H3/p+1/b15-11-,17-16+. The molecule has 0 atom stereocenters. The monoisotopic (exact) mass is 272 g/mol. The summed E-state index contributed by atoms with van der Waals surface area (Å²) in [6.45, 7) is 2.32. The van der Waals surface area contributed by atoms with Crippen molar-refractivity contribution >= 4 is 17.5 Å². The second-order valence-corrected chi connectivity index (χ2v) is 5.91. The molecular formula is C16H22N3O+. The Morgan fingerprint density at radius 3 is 2.40 bits per heavy atom. The first-order chi connectivity index (χ1) is 9.69. The van der Waals surface area contributed by atoms with E-state index in [0.29, 0.717) is 5.92 Å². The van der Waals surface area contributed by atoms with E-state index in [2.05, 4.69) is 40.4 Å². The molecule has 3 aliphatic heterocycles. The normalized spacial score (nSPS) is 29.1. The van der Waals surface area contributed by atoms with Gasteiger partial charge in [0.15, 0.2) is 5.70 Å². The highest BCUT2D eigenvalue weighted by atomic mass is 16.4. The lowest BCUT2D eigenvalue weighted by Gasteiger charge is -2.37. The van der Waals surface area contributed by atoms with Crippen LogP contribution >= 0.6 is 0 Å². The summed E-state index contributed by atoms with van der Waals surface area (Å²) >= 11 is 0. The second kappa shape index (κ2) is 5.29. The highest BCUT2D eigenvalue weighted by molar-refractivity contribution is 6.03. The molecule has 20 heavy (non-hydrogen) atoms. The van der Waals surface area contributed by atoms with E-state index in [-0.39, 0.29) is 0 Å². The molecule has 3 saturated heterocycles. The molecule has 4 rings (SSSR count). The van der Waals surface area contributed by atoms with Gasteiger partial charge in [-0.05, 0) is 17.7 Å². The van der Waals surface area contributed by atoms with Crippen molar-refractivity contribution in [3.8, 4) is 0 Å². The lowest BCUT2D eigenvalue weighted by Crippen LogP contribution is -3.14. The number of allylic oxidation sites excluding steroid dienone is 1. The van der Waals surface area contributed by atoms with Crippen LogP contribution in [0.4, 0.5) is 5.69 Å². The van der Waals surface area contributed by atoms with Crippen molar-refractivity contribution in [2.45, 2.75) is 12.8 Å². The third kappa shape index (κ3) is 2.31. The molecule has 1 aromatic rings. The van der Waals surface area contributed by atoms with Gasteiger partial charge in [0.25, 0.3) is 0 Å². The molecule has 0 aliphatic carbocycles. The van der Waals surface area contributed by atoms with Crippen molar-refractivity contribution < 1.29 is 10.1 Å². The number of benzene rings is 1. The van der Waals surface area contributed by atoms with Gasteiger partial charge in [0.05, 0.1) is 13.1 Å². The van der Waals surface area contributed by atoms with E-state index in [4.69, 9.17) is 0 Å². The topological polar surface area (TPSA) is 40.3 Å². The van der Waals surface area contributed by atoms with Gasteiger partial charge in [-0.2, -0.15) is 0 Å². The van der Waals surface area contributed by atoms with Gasteiger partial charge < -0.3 is 15.0 Å². The van der Waals surface area contributed by atoms with Crippen molar-refractivity contribution in [2.24, 2.45) is 11.1 Å². The molecule has 1 aromatic carbocycles. The van der Waals surface area contributed by atoms with Crippen LogP contribution < -0.4 is 9.80 Å². The van der Waals surface area contributed by atoms with E-state index in [9.17, 15) is 5.21 Å². The second-order valence-electron chi connectivity index (χ2n) is 5.91. The molecule has 3 heterocycles. The van der Waals surface area contributed by atoms with E-state index in [1.807, 2.05) is 14.1 Å². The fourth-order valence-electron chi connectivity index (χ4n) is 3.26. The molecule has 3 fully saturated rings. The molecular weight excluding hydrogens is 250 g/mol. The third-order valence-corrected chi connectivity index (χ3v) is 4.46. The van der Waals surface area contributed by atoms with Gasteiger partial charge in [-0.15, -0.1) is 0 Å². The van der Waals surface area contributed by atoms with E-state index in [1.165, 1.54) is 21.8 Å². The molecule has 0 radical (unpaired) electrons. The molecule has 4 nitrogen and oxygen atoms in total. The lowest BCUT2D eigenvalue weighted by atomic mass is 9.83. The van der Waals surface area contributed by atoms with Crippen LogP contribution in [0.15, 0.2) is 35.1 Å². The van der Waals surface area contributed by atoms with E-state index < -0.39 is 0 Å². The number of quaternary nitrogens is 1. The number of hydrogen-bond acceptors (Lipinski definition) is 3. The van der Waals surface area contributed by atoms with Crippen LogP contribution in [0.5, 0.6) is 0 Å². The van der Waals surface area contributed by atoms with E-state index in [0.717, 1.165) is 31.6 Å². The fourth-order valence-corrected chi connectivity index (χ4v) is 3.26. The summed E-state index contributed by atoms with van der Waals surface area (Å²) in [4.78, 5) is 3.55. The van der Waals surface area contributed by atoms with Gasteiger partial charge in [0.1, 0.15) is 5.71 Å². The Morgan fingerprint density at radius 2 is 1.85 bits per heavy atom. The van der Waals surface area contributed by atoms with Gasteiger partial charge >= 0.3 is 0 Å². The van der Waals surface area contributed by atoms with Crippen molar-refractivity contribution in [1.82, 2.24) is 0 Å². The molecule has 106 valence electrons. The Morgan fingerprint density at radius 1 is 1.20 bits per heavy atom. The Hall–Kier alpha value is -1.81. The maximum absolute atomic E-state index is 9.31. The Kier molecular flexibility index (Phi) is 3.49. The predicted molar refractivity (Wildman–Crippen MR) is 81.4 cm³/mol. The third-order valence-electron chi connectivity index (χ3n) is 4.46. The quantitative estimate of drug-likeness (QED) is 0.628. The maximum Gasteiger partial charge on any atom is 0.157 e. The van der Waals surface area contributed by atoms with Crippen LogP contribution in [0.1, 0.15) is 18.4 Å². The van der Waals surface area contributed by atoms with Gasteiger partial charge in [-0.3, -0.25) is 0 Å². The van der Waals surface area contributed by atoms with Crippen molar-refractivity contribution in [2.75, 3.05) is 32.1 Å². The van der Waals surface area contributed by atoms with Crippen LogP contribution in [-0.2, 0) is 0 Å². The van der Waals surface area contributed by atoms with E-state index >= 15 is 0 Å². The molecule has 0 amide bonds. The predicted octanol–water partition coefficient (Wildman–Crippen LogP) is 1.23. The molecule has 0 spiro atoms. The first-order valence-electron chi connectivity index (χ1n) is 7.25. The minimum absolute atomic E-state index is 0.449. The van der Waals surface area contributed by atoms with Crippen LogP contribution in [0.3, 0.4) is 0 Å². The molecule has 4 heteroatoms. The zero-order valence-electron chi connectivity index (χ0n) is 12.1. The molecule has 0 unspecified atom stereocenters. The van der Waals surface area contributed by atoms with Gasteiger partial charge in [0.2, 0.25) is 0 Å². The van der Waals surface area contributed by atoms with Gasteiger partial charge in [-0.1, -0.05) is 17.3 Å². The number of nitrogens with zero attached hydrogens (tertiary/aromatic N) is 2. The van der Waals surface area contributed by atoms with E-state index in [1.54, 1.807) is 0 Å². The minimum atomic E-state index is 0.449. The van der Waals surface area contributed by atoms with Crippen molar-refractivity contribution in [3.05, 3.63) is 35.5 Å². The first kappa shape index (κ1) is 13.2. The number of nitrogens with one attached hydrogen (secondary N) is 1. The highest BCUT2D eigenvalue weighted by Gasteiger charge is 2.39. The number of fused-ring (bicyclic) bond motifs is 3. The largest absolute Gasteiger partial charge is 0.410 e. The number of piperidine rings is 3. The average Bonchev–Trinajstić information content (AvgIpc) is 2.49. The Labute approximate surface area is 120 Å². The zero-order valence-corrected chi connectivity index (χ0v) is 12.1. The lowest BCUT2D eigenvalue weighted by molar-refractivity contribution is -0.865. The summed E-state index contributed by atoms with van der Waals surface area (Å²) < 4.78 is 0. The van der Waals surface area contributed by atoms with Gasteiger partial charge in [0, 0.05) is 44.6 Å². The van der Waals surface area contributed by atoms with Crippen LogP contribution in [0.2, 0.25) is 0 Å². The number of anilines is 1. The van der Waals surface area contributed by atoms with Crippen molar-refractivity contribution in [1.29, 1.82) is 0 Å². The summed E-state index contributed by atoms with van der Waals surface area (Å²) in [6, 6.07) is 8.49. The fraction of sp³-hybridized carbons (Fsp3) is 0.438. The average molecular weight is 272 g/mol. The van der Waals surface area contributed by atoms with Gasteiger partial charge in [-0.25, -0.2) is 0 Å². The molecule has 2 N–H and O–H groups in total. The van der Waals surface area contributed by atoms with Crippen LogP contribution in [0.25, 0.3) is 6.08 Å². The smallest absolute Gasteiger partial charge is 0.157 e. The molecule has 0 aromatic heterocycles. The minimum Gasteiger partial charge on any atom is -0.410 e. The summed E-state index contributed by atoms with van der Waals surface area (Å²) in [6.07, 6.45) is 4.46. The first-order valence-corrected chi connectivity index (χ1v) is 7.25. The summed E-state index contributed by atoms with van der Waals surface area (Å²) in [5, 5.41) is 12.9. The number of oxime groups is 1. The van der Waals surface area contributed by atoms with Crippen LogP contribution in [0, 0.1) is 5.92 Å². The van der Waals surface area contributed by atoms with Crippen LogP contribution in [-0.4, -0.2) is 38.1 Å². The highest BCUT2D eigenvalue weighted by Crippen LogP contribution is 2.23. The Balaban J connectivity index is 1.90. The number of rotatable bonds is 2. The maximum atomic E-state index is 9.31. The Bertz CT molecular complexity index is 537. The number of hydrogen-bond donors (Lipinski definition) is 2. The van der Waals surface area contributed by atoms with Crippen molar-refractivity contribution in [3.63, 3.8) is 0 Å². The molecule has 2 bridgehead atoms. The molecule has 3 aliphatic rings. The summed E-state index contributed by atoms with van der Waals surface area (Å²) in [7, 11) is 4.08. The zero-order chi connectivity index (χ0) is 14.1. The summed E-state index contributed by atoms with van der Waals surface area (Å²) in [5.74, 6) is 0.449. The SMILES string of the molecule is CN(C)c1ccc(/C=C2/C(=N/O)C3CC[NH+]2CC3)cc1.